The van der Waals surface area contributed by atoms with Gasteiger partial charge in [0.2, 0.25) is 0 Å². The van der Waals surface area contributed by atoms with Crippen molar-refractivity contribution in [2.75, 3.05) is 13.1 Å². The molecule has 1 heterocycles. The molecule has 1 aromatic heterocycles. The first-order valence-corrected chi connectivity index (χ1v) is 11.1. The van der Waals surface area contributed by atoms with Crippen LogP contribution in [0.15, 0.2) is 35.9 Å². The van der Waals surface area contributed by atoms with E-state index in [1.807, 2.05) is 19.1 Å². The Balaban J connectivity index is 1.58. The van der Waals surface area contributed by atoms with Crippen molar-refractivity contribution in [3.05, 3.63) is 58.4 Å². The number of aromatic nitrogens is 1. The third-order valence-electron chi connectivity index (χ3n) is 5.95. The molecular weight excluding hydrogens is 404 g/mol. The Morgan fingerprint density at radius 2 is 1.78 bits per heavy atom. The molecular formula is C25H30N4O3. The van der Waals surface area contributed by atoms with Crippen LogP contribution < -0.4 is 10.6 Å². The molecule has 0 spiro atoms. The van der Waals surface area contributed by atoms with Gasteiger partial charge >= 0.3 is 0 Å². The average molecular weight is 435 g/mol. The van der Waals surface area contributed by atoms with Crippen LogP contribution in [-0.2, 0) is 4.79 Å². The molecule has 1 aromatic carbocycles. The Hall–Kier alpha value is -3.53. The maximum absolute atomic E-state index is 12.5. The Kier molecular flexibility index (Phi) is 7.72. The summed E-state index contributed by atoms with van der Waals surface area (Å²) in [4.78, 5) is 24.5. The normalized spacial score (nSPS) is 14.6. The van der Waals surface area contributed by atoms with Crippen molar-refractivity contribution in [1.82, 2.24) is 15.2 Å². The molecule has 3 N–H and O–H groups in total. The lowest BCUT2D eigenvalue weighted by molar-refractivity contribution is -0.117. The number of hydrogen-bond donors (Lipinski definition) is 3. The molecule has 1 aliphatic rings. The number of amides is 2. The van der Waals surface area contributed by atoms with E-state index in [0.29, 0.717) is 11.6 Å². The van der Waals surface area contributed by atoms with E-state index in [9.17, 15) is 20.0 Å². The third-order valence-corrected chi connectivity index (χ3v) is 5.95. The number of carbonyl (C=O) groups is 2. The summed E-state index contributed by atoms with van der Waals surface area (Å²) in [7, 11) is 0. The van der Waals surface area contributed by atoms with Crippen LogP contribution in [0.25, 0.3) is 6.08 Å². The number of hydrogen-bond acceptors (Lipinski definition) is 4. The minimum absolute atomic E-state index is 0.0405. The fraction of sp³-hybridized carbons (Fsp3) is 0.400. The molecule has 0 radical (unpaired) electrons. The summed E-state index contributed by atoms with van der Waals surface area (Å²) in [5.74, 6) is -0.677. The molecule has 32 heavy (non-hydrogen) atoms. The van der Waals surface area contributed by atoms with Crippen LogP contribution in [0.4, 0.5) is 0 Å². The number of nitrogens with zero attached hydrogens (tertiary/aromatic N) is 2. The molecule has 168 valence electrons. The predicted molar refractivity (Wildman–Crippen MR) is 123 cm³/mol. The summed E-state index contributed by atoms with van der Waals surface area (Å²) in [6.45, 7) is 4.53. The Morgan fingerprint density at radius 1 is 1.12 bits per heavy atom. The molecule has 0 atom stereocenters. The van der Waals surface area contributed by atoms with Gasteiger partial charge in [0, 0.05) is 36.1 Å². The highest BCUT2D eigenvalue weighted by atomic mass is 16.3. The van der Waals surface area contributed by atoms with Crippen LogP contribution in [0.2, 0.25) is 0 Å². The molecule has 2 aromatic rings. The lowest BCUT2D eigenvalue weighted by Gasteiger charge is -2.26. The highest BCUT2D eigenvalue weighted by Gasteiger charge is 2.20. The first-order valence-electron chi connectivity index (χ1n) is 11.1. The van der Waals surface area contributed by atoms with Crippen LogP contribution in [0.5, 0.6) is 5.75 Å². The molecule has 0 saturated heterocycles. The van der Waals surface area contributed by atoms with Crippen molar-refractivity contribution >= 4 is 17.9 Å². The van der Waals surface area contributed by atoms with Crippen molar-refractivity contribution in [3.63, 3.8) is 0 Å². The minimum atomic E-state index is -0.464. The maximum Gasteiger partial charge on any atom is 0.262 e. The molecule has 0 bridgehead atoms. The summed E-state index contributed by atoms with van der Waals surface area (Å²) in [5.41, 5.74) is 3.57. The van der Waals surface area contributed by atoms with Crippen LogP contribution in [0.1, 0.15) is 65.5 Å². The number of phenols is 1. The summed E-state index contributed by atoms with van der Waals surface area (Å²) in [5, 5.41) is 24.2. The zero-order chi connectivity index (χ0) is 23.1. The van der Waals surface area contributed by atoms with Gasteiger partial charge in [-0.3, -0.25) is 9.59 Å². The molecule has 2 amide bonds. The van der Waals surface area contributed by atoms with E-state index in [0.717, 1.165) is 17.0 Å². The largest absolute Gasteiger partial charge is 0.508 e. The number of phenolic OH excluding ortho intramolecular Hbond substituents is 1. The number of carbonyl (C=O) groups excluding carboxylic acids is 2. The Morgan fingerprint density at radius 3 is 2.44 bits per heavy atom. The molecule has 7 nitrogen and oxygen atoms in total. The Bertz CT molecular complexity index is 1040. The topological polar surface area (TPSA) is 107 Å². The van der Waals surface area contributed by atoms with E-state index in [-0.39, 0.29) is 30.3 Å². The molecule has 3 rings (SSSR count). The van der Waals surface area contributed by atoms with Gasteiger partial charge in [-0.2, -0.15) is 5.26 Å². The SMILES string of the molecule is Cc1cc(/C=C(/C#N)C(=O)NCCNC(=O)c2ccc(O)cc2)c(C)n1C1CCCCC1. The smallest absolute Gasteiger partial charge is 0.262 e. The van der Waals surface area contributed by atoms with Crippen molar-refractivity contribution in [3.8, 4) is 11.8 Å². The highest BCUT2D eigenvalue weighted by molar-refractivity contribution is 6.01. The summed E-state index contributed by atoms with van der Waals surface area (Å²) in [6, 6.07) is 10.4. The molecule has 1 saturated carbocycles. The number of nitrogens with one attached hydrogen (secondary N) is 2. The van der Waals surface area contributed by atoms with E-state index >= 15 is 0 Å². The molecule has 1 aliphatic carbocycles. The zero-order valence-corrected chi connectivity index (χ0v) is 18.6. The van der Waals surface area contributed by atoms with Gasteiger partial charge in [0.25, 0.3) is 11.8 Å². The number of nitriles is 1. The average Bonchev–Trinajstić information content (AvgIpc) is 3.08. The summed E-state index contributed by atoms with van der Waals surface area (Å²) < 4.78 is 2.34. The van der Waals surface area contributed by atoms with Gasteiger partial charge < -0.3 is 20.3 Å². The maximum atomic E-state index is 12.5. The van der Waals surface area contributed by atoms with E-state index in [1.54, 1.807) is 6.08 Å². The van der Waals surface area contributed by atoms with Crippen LogP contribution in [0.3, 0.4) is 0 Å². The lowest BCUT2D eigenvalue weighted by atomic mass is 9.95. The summed E-state index contributed by atoms with van der Waals surface area (Å²) in [6.07, 6.45) is 7.74. The van der Waals surface area contributed by atoms with Crippen molar-refractivity contribution in [1.29, 1.82) is 5.26 Å². The van der Waals surface area contributed by atoms with Gasteiger partial charge in [-0.1, -0.05) is 19.3 Å². The van der Waals surface area contributed by atoms with Gasteiger partial charge in [0.05, 0.1) is 0 Å². The van der Waals surface area contributed by atoms with Gasteiger partial charge in [-0.05, 0) is 68.7 Å². The third kappa shape index (κ3) is 5.58. The van der Waals surface area contributed by atoms with E-state index in [4.69, 9.17) is 0 Å². The van der Waals surface area contributed by atoms with Crippen molar-refractivity contribution in [2.24, 2.45) is 0 Å². The van der Waals surface area contributed by atoms with Crippen molar-refractivity contribution < 1.29 is 14.7 Å². The van der Waals surface area contributed by atoms with E-state index < -0.39 is 5.91 Å². The zero-order valence-electron chi connectivity index (χ0n) is 18.6. The quantitative estimate of drug-likeness (QED) is 0.350. The second kappa shape index (κ2) is 10.7. The Labute approximate surface area is 188 Å². The second-order valence-electron chi connectivity index (χ2n) is 8.22. The van der Waals surface area contributed by atoms with E-state index in [2.05, 4.69) is 22.1 Å². The lowest BCUT2D eigenvalue weighted by Crippen LogP contribution is -2.35. The van der Waals surface area contributed by atoms with Gasteiger partial charge in [0.1, 0.15) is 17.4 Å². The highest BCUT2D eigenvalue weighted by Crippen LogP contribution is 2.32. The van der Waals surface area contributed by atoms with E-state index in [1.165, 1.54) is 56.4 Å². The van der Waals surface area contributed by atoms with Gasteiger partial charge in [-0.15, -0.1) is 0 Å². The standard InChI is InChI=1S/C25H30N4O3/c1-17-14-20(18(2)29(17)22-6-4-3-5-7-22)15-21(16-26)25(32)28-13-12-27-24(31)19-8-10-23(30)11-9-19/h8-11,14-15,22,30H,3-7,12-13H2,1-2H3,(H,27,31)(H,28,32)/b21-15-. The first-order chi connectivity index (χ1) is 15.4. The number of aryl methyl sites for hydroxylation is 1. The molecule has 1 fully saturated rings. The number of benzene rings is 1. The fourth-order valence-corrected chi connectivity index (χ4v) is 4.32. The fourth-order valence-electron chi connectivity index (χ4n) is 4.32. The predicted octanol–water partition coefficient (Wildman–Crippen LogP) is 3.77. The number of rotatable bonds is 7. The molecule has 7 heteroatoms. The van der Waals surface area contributed by atoms with Gasteiger partial charge in [-0.25, -0.2) is 0 Å². The van der Waals surface area contributed by atoms with Crippen LogP contribution in [0, 0.1) is 25.2 Å². The molecule has 0 unspecified atom stereocenters. The van der Waals surface area contributed by atoms with Crippen molar-refractivity contribution in [2.45, 2.75) is 52.0 Å². The second-order valence-corrected chi connectivity index (χ2v) is 8.22. The van der Waals surface area contributed by atoms with Gasteiger partial charge in [0.15, 0.2) is 0 Å². The minimum Gasteiger partial charge on any atom is -0.508 e. The van der Waals surface area contributed by atoms with Crippen LogP contribution in [-0.4, -0.2) is 34.6 Å². The van der Waals surface area contributed by atoms with Crippen LogP contribution >= 0.6 is 0 Å². The monoisotopic (exact) mass is 434 g/mol. The molecule has 0 aliphatic heterocycles. The summed E-state index contributed by atoms with van der Waals surface area (Å²) >= 11 is 0. The first kappa shape index (κ1) is 23.1. The number of aromatic hydroxyl groups is 1.